The van der Waals surface area contributed by atoms with E-state index in [9.17, 15) is 0 Å². The minimum Gasteiger partial charge on any atom is -0.0622 e. The van der Waals surface area contributed by atoms with Crippen LogP contribution in [0.3, 0.4) is 0 Å². The van der Waals surface area contributed by atoms with Crippen molar-refractivity contribution in [1.29, 1.82) is 0 Å². The minimum atomic E-state index is -0.343. The average molecular weight is 989 g/mol. The lowest BCUT2D eigenvalue weighted by Gasteiger charge is -2.59. The summed E-state index contributed by atoms with van der Waals surface area (Å²) in [5.41, 5.74) is 30.4. The van der Waals surface area contributed by atoms with Crippen LogP contribution in [0.15, 0.2) is 267 Å². The largest absolute Gasteiger partial charge is 0.0713 e. The van der Waals surface area contributed by atoms with Gasteiger partial charge in [0.2, 0.25) is 0 Å². The van der Waals surface area contributed by atoms with Crippen molar-refractivity contribution in [1.82, 2.24) is 0 Å². The maximum atomic E-state index is 2.37. The van der Waals surface area contributed by atoms with E-state index in [0.717, 1.165) is 0 Å². The molecule has 0 nitrogen and oxygen atoms in total. The van der Waals surface area contributed by atoms with Gasteiger partial charge in [-0.15, -0.1) is 0 Å². The lowest BCUT2D eigenvalue weighted by atomic mass is 9.42. The maximum Gasteiger partial charge on any atom is 0.0713 e. The van der Waals surface area contributed by atoms with E-state index in [-0.39, 0.29) is 16.2 Å². The standard InChI is InChI=1S/C27H22.C27H24.C23H18/c1-19-11-15-21(16-12-19)27(22-17-13-20(2)14-18-22)25-9-5-3-7-23(25)24-8-4-6-10-26(24)27;1-21-13-17-25(18-14-21)27(23-9-5-3-6-10-23,24-11-7-4-8-12-24)26-19-15-22(2)16-20-26;1-13-11-12-14(2)20-19(13)22-16-8-4-3-7-15(16)21-17-9-5-6-10-18(17)23(20,21)22/h3-18H,1-2H3;3-20H,1-2H3;3-12,21-22H,1-2H3. The van der Waals surface area contributed by atoms with Crippen LogP contribution >= 0.6 is 0 Å². The number of rotatable bonds is 6. The van der Waals surface area contributed by atoms with E-state index in [1.54, 1.807) is 33.4 Å². The molecule has 372 valence electrons. The third-order valence-electron chi connectivity index (χ3n) is 17.9. The highest BCUT2D eigenvalue weighted by Gasteiger charge is 2.70. The van der Waals surface area contributed by atoms with Gasteiger partial charge in [0.1, 0.15) is 0 Å². The average Bonchev–Trinajstić information content (AvgIpc) is 2.38. The molecule has 11 aromatic rings. The summed E-state index contributed by atoms with van der Waals surface area (Å²) >= 11 is 0. The van der Waals surface area contributed by atoms with Crippen LogP contribution in [-0.4, -0.2) is 0 Å². The number of fused-ring (bicyclic) bond motifs is 10. The van der Waals surface area contributed by atoms with Crippen molar-refractivity contribution in [2.75, 3.05) is 0 Å². The first kappa shape index (κ1) is 48.1. The van der Waals surface area contributed by atoms with Gasteiger partial charge in [0.15, 0.2) is 0 Å². The first-order valence-corrected chi connectivity index (χ1v) is 27.6. The van der Waals surface area contributed by atoms with Crippen molar-refractivity contribution in [3.05, 3.63) is 378 Å². The second kappa shape index (κ2) is 18.9. The van der Waals surface area contributed by atoms with Crippen molar-refractivity contribution in [3.8, 4) is 11.1 Å². The van der Waals surface area contributed by atoms with Gasteiger partial charge >= 0.3 is 0 Å². The van der Waals surface area contributed by atoms with Crippen LogP contribution in [0.1, 0.15) is 123 Å². The predicted octanol–water partition coefficient (Wildman–Crippen LogP) is 18.5. The Hall–Kier alpha value is -8.58. The third-order valence-corrected chi connectivity index (χ3v) is 17.9. The van der Waals surface area contributed by atoms with Crippen LogP contribution in [0.4, 0.5) is 0 Å². The van der Waals surface area contributed by atoms with Gasteiger partial charge in [0.25, 0.3) is 0 Å². The summed E-state index contributed by atoms with van der Waals surface area (Å²) in [6.07, 6.45) is 0. The number of benzene rings is 11. The molecule has 4 aliphatic carbocycles. The fourth-order valence-corrected chi connectivity index (χ4v) is 14.6. The molecule has 0 bridgehead atoms. The van der Waals surface area contributed by atoms with Crippen LogP contribution in [0.25, 0.3) is 11.1 Å². The molecule has 0 fully saturated rings. The van der Waals surface area contributed by atoms with Crippen molar-refractivity contribution in [2.45, 2.75) is 69.6 Å². The van der Waals surface area contributed by atoms with Crippen LogP contribution in [0.5, 0.6) is 0 Å². The van der Waals surface area contributed by atoms with Gasteiger partial charge in [-0.2, -0.15) is 0 Å². The van der Waals surface area contributed by atoms with Gasteiger partial charge in [-0.3, -0.25) is 0 Å². The molecule has 15 rings (SSSR count). The zero-order valence-corrected chi connectivity index (χ0v) is 45.1. The lowest BCUT2D eigenvalue weighted by Crippen LogP contribution is -2.53. The van der Waals surface area contributed by atoms with Gasteiger partial charge in [-0.05, 0) is 142 Å². The number of hydrogen-bond acceptors (Lipinski definition) is 0. The molecule has 0 aliphatic heterocycles. The highest BCUT2D eigenvalue weighted by molar-refractivity contribution is 5.86. The van der Waals surface area contributed by atoms with Crippen molar-refractivity contribution in [2.24, 2.45) is 0 Å². The highest BCUT2D eigenvalue weighted by Crippen LogP contribution is 2.78. The molecule has 0 amide bonds. The second-order valence-corrected chi connectivity index (χ2v) is 22.2. The van der Waals surface area contributed by atoms with E-state index >= 15 is 0 Å². The van der Waals surface area contributed by atoms with Crippen LogP contribution in [-0.2, 0) is 16.2 Å². The van der Waals surface area contributed by atoms with E-state index in [4.69, 9.17) is 0 Å². The molecule has 0 N–H and O–H groups in total. The lowest BCUT2D eigenvalue weighted by molar-refractivity contribution is 0.329. The van der Waals surface area contributed by atoms with Gasteiger partial charge in [-0.25, -0.2) is 0 Å². The molecule has 0 radical (unpaired) electrons. The van der Waals surface area contributed by atoms with E-state index in [2.05, 4.69) is 308 Å². The quantitative estimate of drug-likeness (QED) is 0.146. The summed E-state index contributed by atoms with van der Waals surface area (Å²) in [6, 6.07) is 98.4. The Kier molecular flexibility index (Phi) is 11.8. The molecule has 3 atom stereocenters. The van der Waals surface area contributed by atoms with Gasteiger partial charge in [0.05, 0.1) is 10.8 Å². The van der Waals surface area contributed by atoms with E-state index in [1.807, 2.05) is 0 Å². The SMILES string of the molecule is Cc1ccc(C(c2ccccc2)(c2ccccc2)c2ccc(C)cc2)cc1.Cc1ccc(C)c2c1C1c3ccccc3C3c4ccccc4C231.Cc1ccc(C2(c3ccc(C)cc3)c3ccccc3-c3ccccc32)cc1. The predicted molar refractivity (Wildman–Crippen MR) is 321 cm³/mol. The number of aryl methyl sites for hydroxylation is 6. The molecule has 1 spiro atoms. The highest BCUT2D eigenvalue weighted by atomic mass is 14.7. The maximum absolute atomic E-state index is 2.37. The molecule has 0 heterocycles. The van der Waals surface area contributed by atoms with Gasteiger partial charge in [0, 0.05) is 17.3 Å². The van der Waals surface area contributed by atoms with Crippen LogP contribution in [0, 0.1) is 41.5 Å². The topological polar surface area (TPSA) is 0 Å². The molecule has 77 heavy (non-hydrogen) atoms. The minimum absolute atomic E-state index is 0.228. The Bertz CT molecular complexity index is 3680. The molecule has 0 aromatic heterocycles. The molecular weight excluding hydrogens is 925 g/mol. The zero-order valence-electron chi connectivity index (χ0n) is 45.1. The Morgan fingerprint density at radius 2 is 0.636 bits per heavy atom. The Morgan fingerprint density at radius 1 is 0.286 bits per heavy atom. The smallest absolute Gasteiger partial charge is 0.0622 e. The summed E-state index contributed by atoms with van der Waals surface area (Å²) in [4.78, 5) is 0. The van der Waals surface area contributed by atoms with E-state index < -0.39 is 0 Å². The van der Waals surface area contributed by atoms with Crippen molar-refractivity contribution >= 4 is 0 Å². The summed E-state index contributed by atoms with van der Waals surface area (Å²) in [5.74, 6) is 1.13. The van der Waals surface area contributed by atoms with E-state index in [1.165, 1.54) is 89.0 Å². The first-order chi connectivity index (χ1) is 37.7. The van der Waals surface area contributed by atoms with Gasteiger partial charge in [-0.1, -0.05) is 289 Å². The first-order valence-electron chi connectivity index (χ1n) is 27.6. The molecule has 0 saturated carbocycles. The number of hydrogen-bond donors (Lipinski definition) is 0. The third kappa shape index (κ3) is 7.18. The molecular formula is C77H64. The normalized spacial score (nSPS) is 17.1. The van der Waals surface area contributed by atoms with E-state index in [0.29, 0.717) is 11.8 Å². The fourth-order valence-electron chi connectivity index (χ4n) is 14.6. The fraction of sp³-hybridized carbons (Fsp3) is 0.143. The van der Waals surface area contributed by atoms with Crippen LogP contribution in [0.2, 0.25) is 0 Å². The summed E-state index contributed by atoms with van der Waals surface area (Å²) in [7, 11) is 0. The Morgan fingerprint density at radius 3 is 1.10 bits per heavy atom. The zero-order chi connectivity index (χ0) is 52.5. The van der Waals surface area contributed by atoms with Gasteiger partial charge < -0.3 is 0 Å². The second-order valence-electron chi connectivity index (χ2n) is 22.2. The van der Waals surface area contributed by atoms with Crippen LogP contribution < -0.4 is 0 Å². The Balaban J connectivity index is 0.000000111. The monoisotopic (exact) mass is 989 g/mol. The molecule has 4 aliphatic rings. The Labute approximate surface area is 456 Å². The molecule has 11 aromatic carbocycles. The summed E-state index contributed by atoms with van der Waals surface area (Å²) < 4.78 is 0. The van der Waals surface area contributed by atoms with Crippen molar-refractivity contribution < 1.29 is 0 Å². The summed E-state index contributed by atoms with van der Waals surface area (Å²) in [6.45, 7) is 13.2. The van der Waals surface area contributed by atoms with Crippen molar-refractivity contribution in [3.63, 3.8) is 0 Å². The molecule has 0 heteroatoms. The molecule has 3 unspecified atom stereocenters. The molecule has 0 saturated heterocycles. The summed E-state index contributed by atoms with van der Waals surface area (Å²) in [5, 5.41) is 0.